The second-order valence-electron chi connectivity index (χ2n) is 4.97. The molecule has 1 aliphatic heterocycles. The molecule has 16 heavy (non-hydrogen) atoms. The van der Waals surface area contributed by atoms with E-state index >= 15 is 0 Å². The predicted molar refractivity (Wildman–Crippen MR) is 68.9 cm³/mol. The van der Waals surface area contributed by atoms with Gasteiger partial charge in [0.25, 0.3) is 0 Å². The van der Waals surface area contributed by atoms with E-state index in [0.717, 1.165) is 13.1 Å². The van der Waals surface area contributed by atoms with Gasteiger partial charge in [-0.05, 0) is 48.9 Å². The summed E-state index contributed by atoms with van der Waals surface area (Å²) in [5, 5.41) is 3.43. The third-order valence-corrected chi connectivity index (χ3v) is 4.19. The van der Waals surface area contributed by atoms with E-state index in [1.807, 2.05) is 0 Å². The summed E-state index contributed by atoms with van der Waals surface area (Å²) in [6, 6.07) is 8.95. The number of hydrogen-bond acceptors (Lipinski definition) is 2. The van der Waals surface area contributed by atoms with Crippen LogP contribution in [0.3, 0.4) is 0 Å². The maximum atomic E-state index is 6.43. The van der Waals surface area contributed by atoms with Crippen molar-refractivity contribution in [3.05, 3.63) is 35.4 Å². The van der Waals surface area contributed by atoms with Crippen molar-refractivity contribution >= 4 is 12.4 Å². The minimum absolute atomic E-state index is 0. The van der Waals surface area contributed by atoms with E-state index in [0.29, 0.717) is 5.41 Å². The van der Waals surface area contributed by atoms with Crippen molar-refractivity contribution in [3.63, 3.8) is 0 Å². The van der Waals surface area contributed by atoms with Gasteiger partial charge in [0, 0.05) is 6.04 Å². The maximum absolute atomic E-state index is 6.43. The highest BCUT2D eigenvalue weighted by Gasteiger charge is 2.44. The molecule has 0 amide bonds. The molecule has 1 aliphatic carbocycles. The Hall–Kier alpha value is -0.570. The number of fused-ring (bicyclic) bond motifs is 1. The third kappa shape index (κ3) is 1.65. The lowest BCUT2D eigenvalue weighted by Crippen LogP contribution is -2.41. The molecule has 0 saturated carbocycles. The molecule has 1 atom stereocenters. The van der Waals surface area contributed by atoms with Crippen LogP contribution in [-0.2, 0) is 6.42 Å². The number of piperidine rings is 1. The normalized spacial score (nSPS) is 26.2. The topological polar surface area (TPSA) is 38.0 Å². The Labute approximate surface area is 103 Å². The molecule has 1 spiro atoms. The van der Waals surface area contributed by atoms with Gasteiger partial charge in [-0.15, -0.1) is 12.4 Å². The Kier molecular flexibility index (Phi) is 3.24. The zero-order valence-corrected chi connectivity index (χ0v) is 10.2. The van der Waals surface area contributed by atoms with Crippen LogP contribution in [0, 0.1) is 5.41 Å². The average Bonchev–Trinajstić information content (AvgIpc) is 2.54. The number of nitrogens with one attached hydrogen (secondary N) is 1. The van der Waals surface area contributed by atoms with Crippen molar-refractivity contribution in [1.29, 1.82) is 0 Å². The molecular weight excluding hydrogens is 220 g/mol. The summed E-state index contributed by atoms with van der Waals surface area (Å²) >= 11 is 0. The van der Waals surface area contributed by atoms with Gasteiger partial charge in [-0.1, -0.05) is 24.3 Å². The quantitative estimate of drug-likeness (QED) is 0.726. The summed E-state index contributed by atoms with van der Waals surface area (Å²) in [7, 11) is 0. The molecule has 1 aromatic carbocycles. The van der Waals surface area contributed by atoms with Gasteiger partial charge in [-0.3, -0.25) is 0 Å². The van der Waals surface area contributed by atoms with Gasteiger partial charge >= 0.3 is 0 Å². The smallest absolute Gasteiger partial charge is 0.0359 e. The van der Waals surface area contributed by atoms with Crippen molar-refractivity contribution in [3.8, 4) is 0 Å². The van der Waals surface area contributed by atoms with Gasteiger partial charge in [0.15, 0.2) is 0 Å². The molecule has 3 N–H and O–H groups in total. The molecule has 3 rings (SSSR count). The van der Waals surface area contributed by atoms with Crippen molar-refractivity contribution < 1.29 is 0 Å². The van der Waals surface area contributed by atoms with Gasteiger partial charge in [0.1, 0.15) is 0 Å². The lowest BCUT2D eigenvalue weighted by molar-refractivity contribution is 0.174. The molecular formula is C13H19ClN2. The summed E-state index contributed by atoms with van der Waals surface area (Å²) in [6.07, 6.45) is 3.64. The lowest BCUT2D eigenvalue weighted by atomic mass is 9.73. The first kappa shape index (κ1) is 11.9. The van der Waals surface area contributed by atoms with Crippen LogP contribution in [0.4, 0.5) is 0 Å². The summed E-state index contributed by atoms with van der Waals surface area (Å²) in [4.78, 5) is 0. The number of rotatable bonds is 0. The first-order valence-electron chi connectivity index (χ1n) is 5.86. The van der Waals surface area contributed by atoms with Crippen molar-refractivity contribution in [1.82, 2.24) is 5.32 Å². The Morgan fingerprint density at radius 2 is 1.88 bits per heavy atom. The number of hydrogen-bond donors (Lipinski definition) is 2. The van der Waals surface area contributed by atoms with Crippen molar-refractivity contribution in [2.24, 2.45) is 11.1 Å². The minimum Gasteiger partial charge on any atom is -0.323 e. The van der Waals surface area contributed by atoms with Crippen LogP contribution in [0.1, 0.15) is 30.0 Å². The van der Waals surface area contributed by atoms with Crippen LogP contribution in [0.5, 0.6) is 0 Å². The van der Waals surface area contributed by atoms with E-state index in [9.17, 15) is 0 Å². The van der Waals surface area contributed by atoms with E-state index in [1.54, 1.807) is 0 Å². The molecule has 1 saturated heterocycles. The number of nitrogens with two attached hydrogens (primary N) is 1. The fraction of sp³-hybridized carbons (Fsp3) is 0.538. The third-order valence-electron chi connectivity index (χ3n) is 4.19. The number of halogens is 1. The monoisotopic (exact) mass is 238 g/mol. The summed E-state index contributed by atoms with van der Waals surface area (Å²) in [6.45, 7) is 2.25. The molecule has 1 aromatic rings. The number of benzene rings is 1. The van der Waals surface area contributed by atoms with Crippen molar-refractivity contribution in [2.45, 2.75) is 25.3 Å². The minimum atomic E-state index is 0. The molecule has 2 nitrogen and oxygen atoms in total. The Balaban J connectivity index is 0.000000963. The van der Waals surface area contributed by atoms with Gasteiger partial charge < -0.3 is 11.1 Å². The standard InChI is InChI=1S/C13H18N2.ClH/c14-12-11-4-2-1-3-10(11)9-13(12)5-7-15-8-6-13;/h1-4,12,15H,5-9,14H2;1H/t12-;/m1./s1. The van der Waals surface area contributed by atoms with E-state index in [1.165, 1.54) is 30.4 Å². The van der Waals surface area contributed by atoms with Gasteiger partial charge in [0.05, 0.1) is 0 Å². The summed E-state index contributed by atoms with van der Waals surface area (Å²) < 4.78 is 0. The second-order valence-corrected chi connectivity index (χ2v) is 4.97. The Morgan fingerprint density at radius 1 is 1.19 bits per heavy atom. The van der Waals surface area contributed by atoms with E-state index in [2.05, 4.69) is 29.6 Å². The molecule has 0 bridgehead atoms. The van der Waals surface area contributed by atoms with E-state index < -0.39 is 0 Å². The van der Waals surface area contributed by atoms with E-state index in [4.69, 9.17) is 5.73 Å². The predicted octanol–water partition coefficient (Wildman–Crippen LogP) is 2.03. The Morgan fingerprint density at radius 3 is 2.56 bits per heavy atom. The molecule has 0 aromatic heterocycles. The van der Waals surface area contributed by atoms with Crippen LogP contribution in [-0.4, -0.2) is 13.1 Å². The Bertz CT molecular complexity index is 372. The van der Waals surface area contributed by atoms with Crippen LogP contribution in [0.15, 0.2) is 24.3 Å². The average molecular weight is 239 g/mol. The first-order valence-corrected chi connectivity index (χ1v) is 5.86. The molecule has 1 fully saturated rings. The molecule has 0 radical (unpaired) electrons. The SMILES string of the molecule is Cl.N[C@@H]1c2ccccc2CC12CCNCC2. The fourth-order valence-corrected chi connectivity index (χ4v) is 3.23. The molecule has 2 aliphatic rings. The molecule has 0 unspecified atom stereocenters. The highest BCUT2D eigenvalue weighted by molar-refractivity contribution is 5.85. The van der Waals surface area contributed by atoms with Gasteiger partial charge in [0.2, 0.25) is 0 Å². The zero-order chi connectivity index (χ0) is 10.3. The highest BCUT2D eigenvalue weighted by atomic mass is 35.5. The summed E-state index contributed by atoms with van der Waals surface area (Å²) in [5.74, 6) is 0. The summed E-state index contributed by atoms with van der Waals surface area (Å²) in [5.41, 5.74) is 9.65. The van der Waals surface area contributed by atoms with Crippen LogP contribution >= 0.6 is 12.4 Å². The molecule has 3 heteroatoms. The lowest BCUT2D eigenvalue weighted by Gasteiger charge is -2.37. The second kappa shape index (κ2) is 4.36. The first-order chi connectivity index (χ1) is 7.32. The van der Waals surface area contributed by atoms with Gasteiger partial charge in [-0.2, -0.15) is 0 Å². The fourth-order valence-electron chi connectivity index (χ4n) is 3.23. The van der Waals surface area contributed by atoms with Crippen LogP contribution in [0.25, 0.3) is 0 Å². The van der Waals surface area contributed by atoms with E-state index in [-0.39, 0.29) is 18.4 Å². The largest absolute Gasteiger partial charge is 0.323 e. The van der Waals surface area contributed by atoms with Crippen LogP contribution < -0.4 is 11.1 Å². The van der Waals surface area contributed by atoms with Gasteiger partial charge in [-0.25, -0.2) is 0 Å². The molecule has 1 heterocycles. The highest BCUT2D eigenvalue weighted by Crippen LogP contribution is 2.49. The maximum Gasteiger partial charge on any atom is 0.0359 e. The zero-order valence-electron chi connectivity index (χ0n) is 9.41. The van der Waals surface area contributed by atoms with Crippen LogP contribution in [0.2, 0.25) is 0 Å². The molecule has 88 valence electrons. The van der Waals surface area contributed by atoms with Crippen molar-refractivity contribution in [2.75, 3.05) is 13.1 Å².